The quantitative estimate of drug-likeness (QED) is 0.560. The zero-order valence-corrected chi connectivity index (χ0v) is 8.42. The van der Waals surface area contributed by atoms with Crippen LogP contribution in [0, 0.1) is 0 Å². The molecule has 0 saturated heterocycles. The van der Waals surface area contributed by atoms with Crippen LogP contribution in [-0.2, 0) is 4.74 Å². The Balaban J connectivity index is 1.99. The summed E-state index contributed by atoms with van der Waals surface area (Å²) in [6.07, 6.45) is 3.31. The number of nitrogen functional groups attached to an aromatic ring is 1. The van der Waals surface area contributed by atoms with Gasteiger partial charge in [0, 0.05) is 20.3 Å². The second kappa shape index (κ2) is 6.20. The first kappa shape index (κ1) is 10.8. The Labute approximate surface area is 83.2 Å². The lowest BCUT2D eigenvalue weighted by molar-refractivity contribution is 0.192. The first-order valence-electron chi connectivity index (χ1n) is 4.73. The van der Waals surface area contributed by atoms with Gasteiger partial charge in [-0.25, -0.2) is 5.10 Å². The van der Waals surface area contributed by atoms with Crippen LogP contribution in [0.15, 0.2) is 0 Å². The fraction of sp³-hybridized carbons (Fsp3) is 0.750. The average Bonchev–Trinajstić information content (AvgIpc) is 2.58. The van der Waals surface area contributed by atoms with E-state index in [1.54, 1.807) is 7.11 Å². The van der Waals surface area contributed by atoms with E-state index in [1.807, 2.05) is 0 Å². The van der Waals surface area contributed by atoms with Crippen LogP contribution in [0.2, 0.25) is 0 Å². The van der Waals surface area contributed by atoms with Gasteiger partial charge in [0.15, 0.2) is 0 Å². The van der Waals surface area contributed by atoms with Gasteiger partial charge in [0.2, 0.25) is 11.9 Å². The maximum atomic E-state index is 5.36. The number of anilines is 2. The summed E-state index contributed by atoms with van der Waals surface area (Å²) in [7, 11) is 1.72. The third kappa shape index (κ3) is 4.08. The molecule has 80 valence electrons. The maximum absolute atomic E-state index is 5.36. The van der Waals surface area contributed by atoms with Gasteiger partial charge in [-0.2, -0.15) is 4.98 Å². The highest BCUT2D eigenvalue weighted by molar-refractivity contribution is 5.29. The fourth-order valence-corrected chi connectivity index (χ4v) is 1.10. The van der Waals surface area contributed by atoms with E-state index >= 15 is 0 Å². The minimum Gasteiger partial charge on any atom is -0.385 e. The molecule has 0 saturated carbocycles. The number of nitrogens with one attached hydrogen (secondary N) is 2. The van der Waals surface area contributed by atoms with Gasteiger partial charge in [-0.15, -0.1) is 5.10 Å². The van der Waals surface area contributed by atoms with Crippen molar-refractivity contribution in [1.29, 1.82) is 0 Å². The Morgan fingerprint density at radius 2 is 2.29 bits per heavy atom. The van der Waals surface area contributed by atoms with Crippen LogP contribution >= 0.6 is 0 Å². The number of ether oxygens (including phenoxy) is 1. The molecule has 1 rings (SSSR count). The maximum Gasteiger partial charge on any atom is 0.243 e. The van der Waals surface area contributed by atoms with Crippen molar-refractivity contribution in [3.8, 4) is 0 Å². The Morgan fingerprint density at radius 3 is 2.93 bits per heavy atom. The number of aromatic nitrogens is 3. The van der Waals surface area contributed by atoms with E-state index in [-0.39, 0.29) is 0 Å². The van der Waals surface area contributed by atoms with E-state index in [9.17, 15) is 0 Å². The molecule has 0 bridgehead atoms. The van der Waals surface area contributed by atoms with Crippen molar-refractivity contribution >= 4 is 11.9 Å². The van der Waals surface area contributed by atoms with E-state index in [0.29, 0.717) is 11.9 Å². The number of aromatic amines is 1. The van der Waals surface area contributed by atoms with Crippen LogP contribution in [0.3, 0.4) is 0 Å². The van der Waals surface area contributed by atoms with Gasteiger partial charge in [0.05, 0.1) is 0 Å². The largest absolute Gasteiger partial charge is 0.385 e. The SMILES string of the molecule is COCCCCCNc1n[nH]c(N)n1. The van der Waals surface area contributed by atoms with Crippen LogP contribution in [0.1, 0.15) is 19.3 Å². The van der Waals surface area contributed by atoms with Crippen LogP contribution in [0.4, 0.5) is 11.9 Å². The second-order valence-electron chi connectivity index (χ2n) is 3.02. The highest BCUT2D eigenvalue weighted by atomic mass is 16.5. The van der Waals surface area contributed by atoms with Crippen molar-refractivity contribution in [2.45, 2.75) is 19.3 Å². The van der Waals surface area contributed by atoms with Gasteiger partial charge in [-0.05, 0) is 19.3 Å². The van der Waals surface area contributed by atoms with Gasteiger partial charge in [0.25, 0.3) is 0 Å². The Hall–Kier alpha value is -1.30. The molecule has 0 aliphatic carbocycles. The molecule has 1 aromatic rings. The molecule has 1 heterocycles. The van der Waals surface area contributed by atoms with Crippen LogP contribution in [0.5, 0.6) is 0 Å². The zero-order valence-electron chi connectivity index (χ0n) is 8.42. The van der Waals surface area contributed by atoms with Crippen LogP contribution in [0.25, 0.3) is 0 Å². The summed E-state index contributed by atoms with van der Waals surface area (Å²) in [5, 5.41) is 9.48. The Kier molecular flexibility index (Phi) is 4.77. The van der Waals surface area contributed by atoms with Gasteiger partial charge in [-0.3, -0.25) is 0 Å². The van der Waals surface area contributed by atoms with Gasteiger partial charge < -0.3 is 15.8 Å². The summed E-state index contributed by atoms with van der Waals surface area (Å²) < 4.78 is 4.94. The number of nitrogens with zero attached hydrogens (tertiary/aromatic N) is 2. The molecule has 1 aromatic heterocycles. The lowest BCUT2D eigenvalue weighted by Gasteiger charge is -2.01. The molecule has 0 aliphatic rings. The van der Waals surface area contributed by atoms with Crippen LogP contribution < -0.4 is 11.1 Å². The number of nitrogens with two attached hydrogens (primary N) is 1. The summed E-state index contributed by atoms with van der Waals surface area (Å²) in [5.41, 5.74) is 5.36. The number of hydrogen-bond donors (Lipinski definition) is 3. The lowest BCUT2D eigenvalue weighted by atomic mass is 10.2. The van der Waals surface area contributed by atoms with E-state index in [0.717, 1.165) is 32.4 Å². The summed E-state index contributed by atoms with van der Waals surface area (Å²) in [5.74, 6) is 0.904. The van der Waals surface area contributed by atoms with E-state index in [1.165, 1.54) is 0 Å². The van der Waals surface area contributed by atoms with Crippen LogP contribution in [-0.4, -0.2) is 35.4 Å². The summed E-state index contributed by atoms with van der Waals surface area (Å²) in [6.45, 7) is 1.69. The van der Waals surface area contributed by atoms with Crippen molar-refractivity contribution in [2.75, 3.05) is 31.3 Å². The van der Waals surface area contributed by atoms with Crippen molar-refractivity contribution < 1.29 is 4.74 Å². The fourth-order valence-electron chi connectivity index (χ4n) is 1.10. The third-order valence-corrected chi connectivity index (χ3v) is 1.81. The molecule has 0 amide bonds. The van der Waals surface area contributed by atoms with Gasteiger partial charge in [0.1, 0.15) is 0 Å². The van der Waals surface area contributed by atoms with Gasteiger partial charge >= 0.3 is 0 Å². The molecule has 0 aromatic carbocycles. The number of H-pyrrole nitrogens is 1. The Morgan fingerprint density at radius 1 is 1.43 bits per heavy atom. The minimum absolute atomic E-state index is 0.340. The summed E-state index contributed by atoms with van der Waals surface area (Å²) in [4.78, 5) is 3.92. The van der Waals surface area contributed by atoms with Gasteiger partial charge in [-0.1, -0.05) is 0 Å². The van der Waals surface area contributed by atoms with Crippen molar-refractivity contribution in [2.24, 2.45) is 0 Å². The molecule has 0 aliphatic heterocycles. The first-order valence-corrected chi connectivity index (χ1v) is 4.73. The van der Waals surface area contributed by atoms with E-state index in [4.69, 9.17) is 10.5 Å². The standard InChI is InChI=1S/C8H17N5O/c1-14-6-4-2-3-5-10-8-11-7(9)12-13-8/h2-6H2,1H3,(H4,9,10,11,12,13). The normalized spacial score (nSPS) is 10.4. The van der Waals surface area contributed by atoms with Crippen molar-refractivity contribution in [3.05, 3.63) is 0 Å². The van der Waals surface area contributed by atoms with Crippen molar-refractivity contribution in [1.82, 2.24) is 15.2 Å². The molecule has 4 N–H and O–H groups in total. The first-order chi connectivity index (χ1) is 6.83. The molecule has 6 heteroatoms. The number of rotatable bonds is 7. The molecular formula is C8H17N5O. The molecule has 0 spiro atoms. The molecule has 0 fully saturated rings. The highest BCUT2D eigenvalue weighted by Gasteiger charge is 1.97. The third-order valence-electron chi connectivity index (χ3n) is 1.81. The monoisotopic (exact) mass is 199 g/mol. The predicted molar refractivity (Wildman–Crippen MR) is 55.0 cm³/mol. The number of hydrogen-bond acceptors (Lipinski definition) is 5. The highest BCUT2D eigenvalue weighted by Crippen LogP contribution is 2.00. The summed E-state index contributed by atoms with van der Waals surface area (Å²) >= 11 is 0. The smallest absolute Gasteiger partial charge is 0.243 e. The molecule has 0 unspecified atom stereocenters. The second-order valence-corrected chi connectivity index (χ2v) is 3.02. The summed E-state index contributed by atoms with van der Waals surface area (Å²) in [6, 6.07) is 0. The minimum atomic E-state index is 0.340. The molecule has 6 nitrogen and oxygen atoms in total. The molecule has 14 heavy (non-hydrogen) atoms. The molecule has 0 radical (unpaired) electrons. The zero-order chi connectivity index (χ0) is 10.2. The lowest BCUT2D eigenvalue weighted by Crippen LogP contribution is -2.03. The number of methoxy groups -OCH3 is 1. The predicted octanol–water partition coefficient (Wildman–Crippen LogP) is 0.615. The number of unbranched alkanes of at least 4 members (excludes halogenated alkanes) is 2. The Bertz CT molecular complexity index is 250. The topological polar surface area (TPSA) is 88.8 Å². The average molecular weight is 199 g/mol. The van der Waals surface area contributed by atoms with Crippen molar-refractivity contribution in [3.63, 3.8) is 0 Å². The van der Waals surface area contributed by atoms with E-state index in [2.05, 4.69) is 20.5 Å². The molecular weight excluding hydrogens is 182 g/mol. The molecule has 0 atom stereocenters. The van der Waals surface area contributed by atoms with E-state index < -0.39 is 0 Å².